The van der Waals surface area contributed by atoms with E-state index in [0.29, 0.717) is 13.0 Å². The van der Waals surface area contributed by atoms with Crippen molar-refractivity contribution in [2.24, 2.45) is 0 Å². The van der Waals surface area contributed by atoms with Gasteiger partial charge in [-0.25, -0.2) is 4.79 Å². The molecule has 1 heterocycles. The van der Waals surface area contributed by atoms with Crippen molar-refractivity contribution in [1.29, 1.82) is 0 Å². The number of rotatable bonds is 6. The summed E-state index contributed by atoms with van der Waals surface area (Å²) in [6, 6.07) is 1.75. The van der Waals surface area contributed by atoms with E-state index in [1.165, 1.54) is 4.90 Å². The molecule has 0 saturated carbocycles. The van der Waals surface area contributed by atoms with Gasteiger partial charge < -0.3 is 15.3 Å². The highest BCUT2D eigenvalue weighted by molar-refractivity contribution is 7.07. The van der Waals surface area contributed by atoms with E-state index in [-0.39, 0.29) is 18.5 Å². The maximum Gasteiger partial charge on any atom is 0.317 e. The molecule has 0 aliphatic carbocycles. The molecule has 0 spiro atoms. The molecule has 1 rings (SSSR count). The molecular formula is C12H18N2O3S. The van der Waals surface area contributed by atoms with Gasteiger partial charge in [-0.05, 0) is 35.7 Å². The van der Waals surface area contributed by atoms with Crippen LogP contribution in [0.1, 0.15) is 31.4 Å². The first-order chi connectivity index (χ1) is 8.50. The van der Waals surface area contributed by atoms with E-state index in [2.05, 4.69) is 5.32 Å². The Kier molecular flexibility index (Phi) is 5.64. The molecule has 5 nitrogen and oxygen atoms in total. The maximum atomic E-state index is 11.8. The zero-order valence-electron chi connectivity index (χ0n) is 10.5. The number of aliphatic carboxylic acids is 1. The van der Waals surface area contributed by atoms with Crippen molar-refractivity contribution in [2.75, 3.05) is 13.6 Å². The Morgan fingerprint density at radius 3 is 2.83 bits per heavy atom. The van der Waals surface area contributed by atoms with Gasteiger partial charge in [0.25, 0.3) is 0 Å². The third-order valence-corrected chi connectivity index (χ3v) is 3.32. The fourth-order valence-electron chi connectivity index (χ4n) is 1.47. The van der Waals surface area contributed by atoms with Gasteiger partial charge in [0.05, 0.1) is 6.04 Å². The molecule has 0 aromatic carbocycles. The molecule has 6 heteroatoms. The largest absolute Gasteiger partial charge is 0.481 e. The molecule has 1 aromatic rings. The Labute approximate surface area is 110 Å². The molecule has 0 saturated heterocycles. The summed E-state index contributed by atoms with van der Waals surface area (Å²) in [4.78, 5) is 23.7. The highest BCUT2D eigenvalue weighted by Gasteiger charge is 2.13. The quantitative estimate of drug-likeness (QED) is 0.833. The average Bonchev–Trinajstić information content (AvgIpc) is 2.81. The molecule has 1 atom stereocenters. The van der Waals surface area contributed by atoms with Gasteiger partial charge in [0.1, 0.15) is 0 Å². The van der Waals surface area contributed by atoms with E-state index in [0.717, 1.165) is 5.56 Å². The van der Waals surface area contributed by atoms with E-state index in [9.17, 15) is 9.59 Å². The van der Waals surface area contributed by atoms with Gasteiger partial charge in [-0.3, -0.25) is 4.79 Å². The van der Waals surface area contributed by atoms with Crippen molar-refractivity contribution in [2.45, 2.75) is 25.8 Å². The molecular weight excluding hydrogens is 252 g/mol. The fraction of sp³-hybridized carbons (Fsp3) is 0.500. The van der Waals surface area contributed by atoms with Crippen LogP contribution in [0.15, 0.2) is 16.8 Å². The Hall–Kier alpha value is -1.56. The van der Waals surface area contributed by atoms with Crippen molar-refractivity contribution in [1.82, 2.24) is 10.2 Å². The summed E-state index contributed by atoms with van der Waals surface area (Å²) in [6.45, 7) is 2.36. The number of carboxylic acid groups (broad SMARTS) is 1. The Bertz CT molecular complexity index is 392. The third-order valence-electron chi connectivity index (χ3n) is 2.61. The summed E-state index contributed by atoms with van der Waals surface area (Å²) in [7, 11) is 1.66. The lowest BCUT2D eigenvalue weighted by atomic mass is 10.2. The van der Waals surface area contributed by atoms with E-state index >= 15 is 0 Å². The number of carboxylic acids is 1. The zero-order valence-corrected chi connectivity index (χ0v) is 11.4. The van der Waals surface area contributed by atoms with Gasteiger partial charge in [0, 0.05) is 20.0 Å². The predicted octanol–water partition coefficient (Wildman–Crippen LogP) is 2.32. The highest BCUT2D eigenvalue weighted by Crippen LogP contribution is 2.15. The first-order valence-electron chi connectivity index (χ1n) is 5.76. The minimum Gasteiger partial charge on any atom is -0.481 e. The normalized spacial score (nSPS) is 11.9. The number of amides is 2. The van der Waals surface area contributed by atoms with E-state index in [1.54, 1.807) is 18.4 Å². The summed E-state index contributed by atoms with van der Waals surface area (Å²) in [5.41, 5.74) is 1.08. The standard InChI is InChI=1S/C12H18N2O3S/c1-9(10-5-7-18-8-10)13-12(17)14(2)6-3-4-11(15)16/h5,7-9H,3-4,6H2,1-2H3,(H,13,17)(H,15,16). The van der Waals surface area contributed by atoms with Crippen LogP contribution in [-0.4, -0.2) is 35.6 Å². The van der Waals surface area contributed by atoms with Crippen LogP contribution in [0.25, 0.3) is 0 Å². The molecule has 100 valence electrons. The van der Waals surface area contributed by atoms with Gasteiger partial charge in [-0.2, -0.15) is 11.3 Å². The number of thiophene rings is 1. The smallest absolute Gasteiger partial charge is 0.317 e. The lowest BCUT2D eigenvalue weighted by molar-refractivity contribution is -0.137. The van der Waals surface area contributed by atoms with Gasteiger partial charge in [-0.1, -0.05) is 0 Å². The zero-order chi connectivity index (χ0) is 13.5. The number of carbonyl (C=O) groups excluding carboxylic acids is 1. The van der Waals surface area contributed by atoms with Gasteiger partial charge in [0.15, 0.2) is 0 Å². The minimum atomic E-state index is -0.838. The summed E-state index contributed by atoms with van der Waals surface area (Å²) >= 11 is 1.59. The maximum absolute atomic E-state index is 11.8. The second-order valence-corrected chi connectivity index (χ2v) is 4.93. The monoisotopic (exact) mass is 270 g/mol. The second-order valence-electron chi connectivity index (χ2n) is 4.15. The van der Waals surface area contributed by atoms with Crippen LogP contribution >= 0.6 is 11.3 Å². The topological polar surface area (TPSA) is 69.6 Å². The fourth-order valence-corrected chi connectivity index (χ4v) is 2.22. The number of nitrogens with zero attached hydrogens (tertiary/aromatic N) is 1. The lowest BCUT2D eigenvalue weighted by Gasteiger charge is -2.20. The van der Waals surface area contributed by atoms with Crippen LogP contribution in [0, 0.1) is 0 Å². The molecule has 2 N–H and O–H groups in total. The van der Waals surface area contributed by atoms with E-state index < -0.39 is 5.97 Å². The Balaban J connectivity index is 2.33. The van der Waals surface area contributed by atoms with Crippen molar-refractivity contribution in [3.05, 3.63) is 22.4 Å². The van der Waals surface area contributed by atoms with E-state index in [4.69, 9.17) is 5.11 Å². The minimum absolute atomic E-state index is 0.0364. The molecule has 0 aliphatic heterocycles. The van der Waals surface area contributed by atoms with Crippen LogP contribution in [0.5, 0.6) is 0 Å². The molecule has 0 fully saturated rings. The molecule has 0 radical (unpaired) electrons. The van der Waals surface area contributed by atoms with Crippen LogP contribution in [-0.2, 0) is 4.79 Å². The van der Waals surface area contributed by atoms with Crippen LogP contribution in [0.2, 0.25) is 0 Å². The summed E-state index contributed by atoms with van der Waals surface area (Å²) in [6.07, 6.45) is 0.545. The SMILES string of the molecule is CC(NC(=O)N(C)CCCC(=O)O)c1ccsc1. The molecule has 0 bridgehead atoms. The molecule has 0 aliphatic rings. The van der Waals surface area contributed by atoms with Crippen molar-refractivity contribution in [3.8, 4) is 0 Å². The van der Waals surface area contributed by atoms with Crippen LogP contribution in [0.3, 0.4) is 0 Å². The first-order valence-corrected chi connectivity index (χ1v) is 6.70. The number of carbonyl (C=O) groups is 2. The number of urea groups is 1. The van der Waals surface area contributed by atoms with E-state index in [1.807, 2.05) is 23.8 Å². The summed E-state index contributed by atoms with van der Waals surface area (Å²) in [5, 5.41) is 15.3. The third kappa shape index (κ3) is 4.75. The summed E-state index contributed by atoms with van der Waals surface area (Å²) in [5.74, 6) is -0.838. The number of nitrogens with one attached hydrogen (secondary N) is 1. The number of hydrogen-bond donors (Lipinski definition) is 2. The first kappa shape index (κ1) is 14.5. The van der Waals surface area contributed by atoms with Crippen LogP contribution in [0.4, 0.5) is 4.79 Å². The average molecular weight is 270 g/mol. The van der Waals surface area contributed by atoms with Crippen molar-refractivity contribution < 1.29 is 14.7 Å². The summed E-state index contributed by atoms with van der Waals surface area (Å²) < 4.78 is 0. The van der Waals surface area contributed by atoms with Gasteiger partial charge in [0.2, 0.25) is 0 Å². The molecule has 2 amide bonds. The molecule has 1 aromatic heterocycles. The molecule has 1 unspecified atom stereocenters. The highest BCUT2D eigenvalue weighted by atomic mass is 32.1. The molecule has 18 heavy (non-hydrogen) atoms. The lowest BCUT2D eigenvalue weighted by Crippen LogP contribution is -2.39. The van der Waals surface area contributed by atoms with Gasteiger partial charge >= 0.3 is 12.0 Å². The second kappa shape index (κ2) is 7.00. The van der Waals surface area contributed by atoms with Crippen LogP contribution < -0.4 is 5.32 Å². The van der Waals surface area contributed by atoms with Crippen molar-refractivity contribution >= 4 is 23.3 Å². The predicted molar refractivity (Wildman–Crippen MR) is 70.8 cm³/mol. The Morgan fingerprint density at radius 2 is 2.28 bits per heavy atom. The Morgan fingerprint density at radius 1 is 1.56 bits per heavy atom. The van der Waals surface area contributed by atoms with Crippen molar-refractivity contribution in [3.63, 3.8) is 0 Å². The number of hydrogen-bond acceptors (Lipinski definition) is 3. The van der Waals surface area contributed by atoms with Gasteiger partial charge in [-0.15, -0.1) is 0 Å².